The van der Waals surface area contributed by atoms with Gasteiger partial charge in [-0.2, -0.15) is 0 Å². The fourth-order valence-corrected chi connectivity index (χ4v) is 2.91. The molecule has 90 valence electrons. The maximum atomic E-state index is 14.1. The molecule has 1 saturated heterocycles. The molecule has 0 aromatic heterocycles. The summed E-state index contributed by atoms with van der Waals surface area (Å²) in [4.78, 5) is 14.1. The Balaban J connectivity index is 2.13. The van der Waals surface area contributed by atoms with Gasteiger partial charge in [-0.15, -0.1) is 0 Å². The van der Waals surface area contributed by atoms with Crippen molar-refractivity contribution in [2.75, 3.05) is 26.7 Å². The van der Waals surface area contributed by atoms with Crippen LogP contribution in [0.5, 0.6) is 0 Å². The monoisotopic (exact) mass is 234 g/mol. The quantitative estimate of drug-likeness (QED) is 0.672. The molecule has 17 heavy (non-hydrogen) atoms. The van der Waals surface area contributed by atoms with Gasteiger partial charge in [0.1, 0.15) is 6.17 Å². The van der Waals surface area contributed by atoms with Crippen molar-refractivity contribution in [1.82, 2.24) is 10.2 Å². The van der Waals surface area contributed by atoms with Crippen LogP contribution < -0.4 is 5.32 Å². The number of allylic oxidation sites excluding steroid dienone is 3. The molecule has 2 heterocycles. The first-order valence-electron chi connectivity index (χ1n) is 5.89. The summed E-state index contributed by atoms with van der Waals surface area (Å²) in [5, 5.41) is 2.88. The van der Waals surface area contributed by atoms with Crippen molar-refractivity contribution >= 4 is 5.91 Å². The normalized spacial score (nSPS) is 32.8. The van der Waals surface area contributed by atoms with Gasteiger partial charge in [-0.3, -0.25) is 4.79 Å². The maximum absolute atomic E-state index is 14.1. The highest BCUT2D eigenvalue weighted by Crippen LogP contribution is 2.35. The Hall–Kier alpha value is -1.42. The van der Waals surface area contributed by atoms with Crippen molar-refractivity contribution in [1.29, 1.82) is 0 Å². The van der Waals surface area contributed by atoms with Gasteiger partial charge in [0.25, 0.3) is 5.91 Å². The molecule has 0 bridgehead atoms. The van der Waals surface area contributed by atoms with Crippen LogP contribution >= 0.6 is 0 Å². The van der Waals surface area contributed by atoms with E-state index in [1.54, 1.807) is 12.2 Å². The van der Waals surface area contributed by atoms with Gasteiger partial charge < -0.3 is 10.2 Å². The average Bonchev–Trinajstić information content (AvgIpc) is 2.61. The fourth-order valence-electron chi connectivity index (χ4n) is 2.91. The van der Waals surface area contributed by atoms with Gasteiger partial charge in [0.2, 0.25) is 0 Å². The lowest BCUT2D eigenvalue weighted by atomic mass is 9.88. The molecule has 2 aliphatic heterocycles. The van der Waals surface area contributed by atoms with Crippen LogP contribution in [-0.2, 0) is 4.79 Å². The molecule has 3 nitrogen and oxygen atoms in total. The van der Waals surface area contributed by atoms with Gasteiger partial charge in [-0.05, 0) is 24.8 Å². The molecule has 0 unspecified atom stereocenters. The minimum atomic E-state index is -1.14. The van der Waals surface area contributed by atoms with Crippen LogP contribution in [0.2, 0.25) is 0 Å². The molecule has 3 rings (SSSR count). The topological polar surface area (TPSA) is 32.3 Å². The first kappa shape index (κ1) is 10.7. The number of halogens is 1. The van der Waals surface area contributed by atoms with Crippen molar-refractivity contribution in [3.05, 3.63) is 34.9 Å². The summed E-state index contributed by atoms with van der Waals surface area (Å²) in [5.74, 6) is 0.117. The largest absolute Gasteiger partial charge is 0.351 e. The van der Waals surface area contributed by atoms with Crippen LogP contribution in [-0.4, -0.2) is 43.7 Å². The van der Waals surface area contributed by atoms with E-state index in [-0.39, 0.29) is 11.8 Å². The number of alkyl halides is 1. The summed E-state index contributed by atoms with van der Waals surface area (Å²) in [5.41, 5.74) is 2.21. The maximum Gasteiger partial charge on any atom is 0.251 e. The lowest BCUT2D eigenvalue weighted by molar-refractivity contribution is -0.117. The third kappa shape index (κ3) is 1.63. The van der Waals surface area contributed by atoms with E-state index in [2.05, 4.69) is 10.2 Å². The third-order valence-electron chi connectivity index (χ3n) is 3.67. The standard InChI is InChI=1S/C13H15FN2O/c1-16-6-8-5-15-13(17)9-3-2-4-11(14)12(9)10(8)7-16/h2-4,8,11H,5-7H2,1H3,(H,15,17)/t8-,11-/m1/s1. The van der Waals surface area contributed by atoms with Gasteiger partial charge in [0.05, 0.1) is 0 Å². The lowest BCUT2D eigenvalue weighted by Crippen LogP contribution is -2.30. The number of hydrogen-bond acceptors (Lipinski definition) is 2. The Kier molecular flexibility index (Phi) is 2.40. The highest BCUT2D eigenvalue weighted by atomic mass is 19.1. The molecule has 1 fully saturated rings. The number of likely N-dealkylation sites (tertiary alicyclic amines) is 1. The summed E-state index contributed by atoms with van der Waals surface area (Å²) in [7, 11) is 2.03. The molecule has 3 aliphatic rings. The Bertz CT molecular complexity index is 464. The number of hydrogen-bond donors (Lipinski definition) is 1. The average molecular weight is 234 g/mol. The molecule has 1 aliphatic carbocycles. The van der Waals surface area contributed by atoms with E-state index >= 15 is 0 Å². The van der Waals surface area contributed by atoms with Gasteiger partial charge in [0.15, 0.2) is 0 Å². The Labute approximate surface area is 99.7 Å². The minimum Gasteiger partial charge on any atom is -0.351 e. The number of amides is 1. The summed E-state index contributed by atoms with van der Waals surface area (Å²) in [6.45, 7) is 2.27. The first-order chi connectivity index (χ1) is 8.16. The molecular formula is C13H15FN2O. The van der Waals surface area contributed by atoms with E-state index in [0.717, 1.165) is 18.7 Å². The minimum absolute atomic E-state index is 0.142. The molecule has 0 saturated carbocycles. The number of fused-ring (bicyclic) bond motifs is 2. The van der Waals surface area contributed by atoms with E-state index in [0.29, 0.717) is 17.7 Å². The Morgan fingerprint density at radius 1 is 1.53 bits per heavy atom. The van der Waals surface area contributed by atoms with Crippen LogP contribution in [0.3, 0.4) is 0 Å². The number of carbonyl (C=O) groups excluding carboxylic acids is 1. The highest BCUT2D eigenvalue weighted by molar-refractivity contribution is 5.99. The van der Waals surface area contributed by atoms with E-state index in [1.165, 1.54) is 6.08 Å². The number of nitrogens with one attached hydrogen (secondary N) is 1. The van der Waals surface area contributed by atoms with Crippen LogP contribution in [0.25, 0.3) is 0 Å². The predicted octanol–water partition coefficient (Wildman–Crippen LogP) is 0.809. The number of rotatable bonds is 0. The van der Waals surface area contributed by atoms with Gasteiger partial charge >= 0.3 is 0 Å². The SMILES string of the molecule is CN1CC2=C3C(=CC=C[C@H]3F)C(=O)NC[C@@H]2C1. The molecule has 2 atom stereocenters. The van der Waals surface area contributed by atoms with Crippen molar-refractivity contribution in [3.63, 3.8) is 0 Å². The number of carbonyl (C=O) groups is 1. The second kappa shape index (κ2) is 3.81. The summed E-state index contributed by atoms with van der Waals surface area (Å²) in [6.07, 6.45) is 3.72. The van der Waals surface area contributed by atoms with Crippen molar-refractivity contribution in [3.8, 4) is 0 Å². The Morgan fingerprint density at radius 2 is 2.35 bits per heavy atom. The van der Waals surface area contributed by atoms with E-state index in [4.69, 9.17) is 0 Å². The number of likely N-dealkylation sites (N-methyl/N-ethyl adjacent to an activating group) is 1. The summed E-state index contributed by atoms with van der Waals surface area (Å²) >= 11 is 0. The van der Waals surface area contributed by atoms with Crippen molar-refractivity contribution < 1.29 is 9.18 Å². The summed E-state index contributed by atoms with van der Waals surface area (Å²) < 4.78 is 14.1. The highest BCUT2D eigenvalue weighted by Gasteiger charge is 2.36. The second-order valence-electron chi connectivity index (χ2n) is 4.91. The van der Waals surface area contributed by atoms with Crippen molar-refractivity contribution in [2.24, 2.45) is 5.92 Å². The smallest absolute Gasteiger partial charge is 0.251 e. The molecule has 4 heteroatoms. The van der Waals surface area contributed by atoms with Gasteiger partial charge in [-0.1, -0.05) is 6.08 Å². The molecule has 0 aromatic carbocycles. The van der Waals surface area contributed by atoms with Crippen LogP contribution in [0.4, 0.5) is 4.39 Å². The third-order valence-corrected chi connectivity index (χ3v) is 3.67. The summed E-state index contributed by atoms with van der Waals surface area (Å²) in [6, 6.07) is 0. The number of nitrogens with zero attached hydrogens (tertiary/aromatic N) is 1. The predicted molar refractivity (Wildman–Crippen MR) is 63.1 cm³/mol. The van der Waals surface area contributed by atoms with Crippen LogP contribution in [0, 0.1) is 5.92 Å². The van der Waals surface area contributed by atoms with Gasteiger partial charge in [-0.25, -0.2) is 4.39 Å². The zero-order valence-corrected chi connectivity index (χ0v) is 9.74. The van der Waals surface area contributed by atoms with Gasteiger partial charge in [0, 0.05) is 36.7 Å². The molecule has 0 aromatic rings. The lowest BCUT2D eigenvalue weighted by Gasteiger charge is -2.17. The molecule has 0 spiro atoms. The molecule has 1 amide bonds. The van der Waals surface area contributed by atoms with E-state index < -0.39 is 6.17 Å². The van der Waals surface area contributed by atoms with Crippen molar-refractivity contribution in [2.45, 2.75) is 6.17 Å². The van der Waals surface area contributed by atoms with Crippen LogP contribution in [0.1, 0.15) is 0 Å². The molecule has 1 N–H and O–H groups in total. The molecular weight excluding hydrogens is 219 g/mol. The second-order valence-corrected chi connectivity index (χ2v) is 4.91. The zero-order chi connectivity index (χ0) is 12.0. The zero-order valence-electron chi connectivity index (χ0n) is 9.74. The van der Waals surface area contributed by atoms with Crippen LogP contribution in [0.15, 0.2) is 34.9 Å². The fraction of sp³-hybridized carbons (Fsp3) is 0.462. The molecule has 0 radical (unpaired) electrons. The van der Waals surface area contributed by atoms with E-state index in [9.17, 15) is 9.18 Å². The first-order valence-corrected chi connectivity index (χ1v) is 5.89. The Morgan fingerprint density at radius 3 is 3.18 bits per heavy atom. The van der Waals surface area contributed by atoms with E-state index in [1.807, 2.05) is 7.05 Å².